The summed E-state index contributed by atoms with van der Waals surface area (Å²) in [4.78, 5) is 17.0. The van der Waals surface area contributed by atoms with Crippen LogP contribution < -0.4 is 5.32 Å². The van der Waals surface area contributed by atoms with Crippen LogP contribution in [0.15, 0.2) is 65.6 Å². The summed E-state index contributed by atoms with van der Waals surface area (Å²) in [5, 5.41) is 3.67. The molecule has 6 nitrogen and oxygen atoms in total. The van der Waals surface area contributed by atoms with Crippen LogP contribution in [0.4, 0.5) is 5.69 Å². The molecule has 0 aliphatic carbocycles. The second-order valence-corrected chi connectivity index (χ2v) is 7.90. The van der Waals surface area contributed by atoms with Crippen molar-refractivity contribution in [2.24, 2.45) is 0 Å². The van der Waals surface area contributed by atoms with E-state index >= 15 is 0 Å². The van der Waals surface area contributed by atoms with Crippen LogP contribution in [-0.2, 0) is 10.0 Å². The SMILES string of the molecule is CCN(CC)S(=O)(=O)c1cccc(NC(=O)c2ccc3ccccc3n2)c1. The van der Waals surface area contributed by atoms with Crippen LogP contribution in [-0.4, -0.2) is 36.7 Å². The molecule has 27 heavy (non-hydrogen) atoms. The number of fused-ring (bicyclic) bond motifs is 1. The maximum atomic E-state index is 12.6. The van der Waals surface area contributed by atoms with Gasteiger partial charge in [0.15, 0.2) is 0 Å². The molecule has 140 valence electrons. The van der Waals surface area contributed by atoms with Gasteiger partial charge in [-0.25, -0.2) is 13.4 Å². The Morgan fingerprint density at radius 2 is 1.74 bits per heavy atom. The molecule has 3 aromatic rings. The van der Waals surface area contributed by atoms with Gasteiger partial charge in [-0.3, -0.25) is 4.79 Å². The summed E-state index contributed by atoms with van der Waals surface area (Å²) in [6.07, 6.45) is 0. The van der Waals surface area contributed by atoms with E-state index in [4.69, 9.17) is 0 Å². The average Bonchev–Trinajstić information content (AvgIpc) is 2.68. The molecule has 0 atom stereocenters. The molecule has 1 N–H and O–H groups in total. The van der Waals surface area contributed by atoms with Gasteiger partial charge in [-0.05, 0) is 30.3 Å². The standard InChI is InChI=1S/C20H21N3O3S/c1-3-23(4-2)27(25,26)17-10-7-9-16(14-17)21-20(24)19-13-12-15-8-5-6-11-18(15)22-19/h5-14H,3-4H2,1-2H3,(H,21,24). The zero-order chi connectivity index (χ0) is 19.4. The second kappa shape index (κ2) is 7.85. The molecule has 0 saturated heterocycles. The first-order valence-corrected chi connectivity index (χ1v) is 10.2. The highest BCUT2D eigenvalue weighted by Gasteiger charge is 2.22. The Labute approximate surface area is 158 Å². The van der Waals surface area contributed by atoms with E-state index < -0.39 is 15.9 Å². The van der Waals surface area contributed by atoms with Gasteiger partial charge >= 0.3 is 0 Å². The summed E-state index contributed by atoms with van der Waals surface area (Å²) in [5.74, 6) is -0.391. The molecule has 0 unspecified atom stereocenters. The van der Waals surface area contributed by atoms with E-state index in [9.17, 15) is 13.2 Å². The van der Waals surface area contributed by atoms with E-state index in [1.807, 2.05) is 30.3 Å². The Kier molecular flexibility index (Phi) is 5.53. The first-order valence-electron chi connectivity index (χ1n) is 8.73. The molecule has 1 heterocycles. The topological polar surface area (TPSA) is 79.4 Å². The van der Waals surface area contributed by atoms with Crippen LogP contribution in [0.25, 0.3) is 10.9 Å². The van der Waals surface area contributed by atoms with Crippen LogP contribution in [0.5, 0.6) is 0 Å². The van der Waals surface area contributed by atoms with Gasteiger partial charge in [0, 0.05) is 24.2 Å². The third-order valence-corrected chi connectivity index (χ3v) is 6.31. The predicted octanol–water partition coefficient (Wildman–Crippen LogP) is 3.52. The zero-order valence-electron chi connectivity index (χ0n) is 15.2. The lowest BCUT2D eigenvalue weighted by atomic mass is 10.2. The molecule has 0 bridgehead atoms. The molecule has 7 heteroatoms. The quantitative estimate of drug-likeness (QED) is 0.706. The molecule has 2 aromatic carbocycles. The van der Waals surface area contributed by atoms with Crippen LogP contribution in [0.3, 0.4) is 0 Å². The van der Waals surface area contributed by atoms with Crippen molar-refractivity contribution in [2.45, 2.75) is 18.7 Å². The van der Waals surface area contributed by atoms with Crippen molar-refractivity contribution < 1.29 is 13.2 Å². The minimum atomic E-state index is -3.59. The Hall–Kier alpha value is -2.77. The first kappa shape index (κ1) is 19.0. The number of amides is 1. The second-order valence-electron chi connectivity index (χ2n) is 5.96. The molecule has 3 rings (SSSR count). The maximum Gasteiger partial charge on any atom is 0.274 e. The molecule has 0 radical (unpaired) electrons. The number of aromatic nitrogens is 1. The average molecular weight is 383 g/mol. The number of hydrogen-bond acceptors (Lipinski definition) is 4. The fourth-order valence-electron chi connectivity index (χ4n) is 2.83. The summed E-state index contributed by atoms with van der Waals surface area (Å²) >= 11 is 0. The van der Waals surface area contributed by atoms with Crippen LogP contribution >= 0.6 is 0 Å². The molecular formula is C20H21N3O3S. The summed E-state index contributed by atoms with van der Waals surface area (Å²) in [6.45, 7) is 4.35. The number of pyridine rings is 1. The summed E-state index contributed by atoms with van der Waals surface area (Å²) in [6, 6.07) is 17.3. The fraction of sp³-hybridized carbons (Fsp3) is 0.200. The Morgan fingerprint density at radius 3 is 2.48 bits per heavy atom. The van der Waals surface area contributed by atoms with Crippen molar-refractivity contribution in [2.75, 3.05) is 18.4 Å². The largest absolute Gasteiger partial charge is 0.321 e. The van der Waals surface area contributed by atoms with Crippen molar-refractivity contribution in [3.8, 4) is 0 Å². The number of nitrogens with one attached hydrogen (secondary N) is 1. The van der Waals surface area contributed by atoms with Gasteiger partial charge in [0.1, 0.15) is 5.69 Å². The van der Waals surface area contributed by atoms with Crippen molar-refractivity contribution in [3.63, 3.8) is 0 Å². The lowest BCUT2D eigenvalue weighted by Gasteiger charge is -2.18. The number of anilines is 1. The summed E-state index contributed by atoms with van der Waals surface area (Å²) in [7, 11) is -3.59. The van der Waals surface area contributed by atoms with Crippen molar-refractivity contribution in [1.82, 2.24) is 9.29 Å². The minimum absolute atomic E-state index is 0.149. The molecule has 0 saturated carbocycles. The molecule has 0 aliphatic rings. The van der Waals surface area contributed by atoms with Gasteiger partial charge < -0.3 is 5.32 Å². The van der Waals surface area contributed by atoms with Crippen LogP contribution in [0.1, 0.15) is 24.3 Å². The molecule has 1 aromatic heterocycles. The van der Waals surface area contributed by atoms with Crippen molar-refractivity contribution in [1.29, 1.82) is 0 Å². The lowest BCUT2D eigenvalue weighted by molar-refractivity contribution is 0.102. The maximum absolute atomic E-state index is 12.6. The normalized spacial score (nSPS) is 11.7. The van der Waals surface area contributed by atoms with Crippen LogP contribution in [0, 0.1) is 0 Å². The van der Waals surface area contributed by atoms with Gasteiger partial charge in [0.25, 0.3) is 5.91 Å². The van der Waals surface area contributed by atoms with Crippen LogP contribution in [0.2, 0.25) is 0 Å². The Balaban J connectivity index is 1.86. The third-order valence-electron chi connectivity index (χ3n) is 4.27. The van der Waals surface area contributed by atoms with Gasteiger partial charge in [-0.15, -0.1) is 0 Å². The smallest absolute Gasteiger partial charge is 0.274 e. The minimum Gasteiger partial charge on any atom is -0.321 e. The van der Waals surface area contributed by atoms with Crippen molar-refractivity contribution in [3.05, 3.63) is 66.4 Å². The number of hydrogen-bond donors (Lipinski definition) is 1. The molecule has 1 amide bonds. The van der Waals surface area contributed by atoms with Gasteiger partial charge in [-0.2, -0.15) is 4.31 Å². The lowest BCUT2D eigenvalue weighted by Crippen LogP contribution is -2.30. The number of carbonyl (C=O) groups excluding carboxylic acids is 1. The predicted molar refractivity (Wildman–Crippen MR) is 106 cm³/mol. The van der Waals surface area contributed by atoms with E-state index in [-0.39, 0.29) is 10.6 Å². The van der Waals surface area contributed by atoms with Crippen molar-refractivity contribution >= 4 is 32.5 Å². The van der Waals surface area contributed by atoms with Gasteiger partial charge in [0.2, 0.25) is 10.0 Å². The Bertz CT molecular complexity index is 1080. The number of benzene rings is 2. The molecule has 0 spiro atoms. The van der Waals surface area contributed by atoms with E-state index in [2.05, 4.69) is 10.3 Å². The van der Waals surface area contributed by atoms with Gasteiger partial charge in [0.05, 0.1) is 10.4 Å². The van der Waals surface area contributed by atoms with E-state index in [1.165, 1.54) is 16.4 Å². The number of sulfonamides is 1. The number of para-hydroxylation sites is 1. The van der Waals surface area contributed by atoms with Gasteiger partial charge in [-0.1, -0.05) is 44.2 Å². The highest BCUT2D eigenvalue weighted by atomic mass is 32.2. The third kappa shape index (κ3) is 3.99. The highest BCUT2D eigenvalue weighted by molar-refractivity contribution is 7.89. The number of carbonyl (C=O) groups is 1. The van der Waals surface area contributed by atoms with E-state index in [0.29, 0.717) is 18.8 Å². The molecule has 0 aliphatic heterocycles. The molecular weight excluding hydrogens is 362 g/mol. The Morgan fingerprint density at radius 1 is 1.00 bits per heavy atom. The summed E-state index contributed by atoms with van der Waals surface area (Å²) < 4.78 is 26.7. The number of rotatable bonds is 6. The number of nitrogens with zero attached hydrogens (tertiary/aromatic N) is 2. The fourth-order valence-corrected chi connectivity index (χ4v) is 4.34. The first-order chi connectivity index (χ1) is 13.0. The van der Waals surface area contributed by atoms with E-state index in [0.717, 1.165) is 10.9 Å². The monoisotopic (exact) mass is 383 g/mol. The molecule has 0 fully saturated rings. The highest BCUT2D eigenvalue weighted by Crippen LogP contribution is 2.20. The van der Waals surface area contributed by atoms with E-state index in [1.54, 1.807) is 32.0 Å². The summed E-state index contributed by atoms with van der Waals surface area (Å²) in [5.41, 5.74) is 1.40. The zero-order valence-corrected chi connectivity index (χ0v) is 16.0.